The van der Waals surface area contributed by atoms with Crippen LogP contribution in [0.1, 0.15) is 26.5 Å². The van der Waals surface area contributed by atoms with Crippen molar-refractivity contribution >= 4 is 22.4 Å². The summed E-state index contributed by atoms with van der Waals surface area (Å²) >= 11 is 1.28. The van der Waals surface area contributed by atoms with Crippen molar-refractivity contribution in [2.45, 2.75) is 19.1 Å². The molecule has 0 unspecified atom stereocenters. The summed E-state index contributed by atoms with van der Waals surface area (Å²) in [6.07, 6.45) is -0.538. The van der Waals surface area contributed by atoms with Crippen LogP contribution in [-0.4, -0.2) is 58.4 Å². The van der Waals surface area contributed by atoms with Gasteiger partial charge in [0, 0.05) is 43.3 Å². The fourth-order valence-corrected chi connectivity index (χ4v) is 4.14. The first kappa shape index (κ1) is 22.4. The number of halogens is 3. The second kappa shape index (κ2) is 9.80. The number of hydrogen-bond acceptors (Lipinski definition) is 6. The van der Waals surface area contributed by atoms with Crippen molar-refractivity contribution in [3.63, 3.8) is 0 Å². The molecule has 7 nitrogen and oxygen atoms in total. The predicted molar refractivity (Wildman–Crippen MR) is 114 cm³/mol. The van der Waals surface area contributed by atoms with Gasteiger partial charge in [-0.3, -0.25) is 19.7 Å². The molecule has 1 aliphatic rings. The van der Waals surface area contributed by atoms with Crippen molar-refractivity contribution in [2.75, 3.05) is 38.2 Å². The minimum atomic E-state index is -4.35. The van der Waals surface area contributed by atoms with Gasteiger partial charge in [-0.15, -0.1) is 11.3 Å². The van der Waals surface area contributed by atoms with Gasteiger partial charge in [0.15, 0.2) is 10.8 Å². The van der Waals surface area contributed by atoms with Crippen molar-refractivity contribution in [3.05, 3.63) is 64.4 Å². The molecule has 1 N–H and O–H groups in total. The van der Waals surface area contributed by atoms with Crippen LogP contribution in [0.4, 0.5) is 18.3 Å². The monoisotopic (exact) mass is 465 g/mol. The minimum absolute atomic E-state index is 0.298. The van der Waals surface area contributed by atoms with Gasteiger partial charge < -0.3 is 4.74 Å². The Labute approximate surface area is 186 Å². The van der Waals surface area contributed by atoms with E-state index in [4.69, 9.17) is 4.74 Å². The van der Waals surface area contributed by atoms with Crippen LogP contribution in [0.5, 0.6) is 0 Å². The van der Waals surface area contributed by atoms with Gasteiger partial charge in [-0.25, -0.2) is 4.98 Å². The van der Waals surface area contributed by atoms with Crippen LogP contribution < -0.4 is 5.32 Å². The van der Waals surface area contributed by atoms with E-state index in [-0.39, 0.29) is 5.91 Å². The van der Waals surface area contributed by atoms with E-state index in [0.717, 1.165) is 55.4 Å². The molecule has 4 rings (SSSR count). The lowest BCUT2D eigenvalue weighted by molar-refractivity contribution is -0.137. The van der Waals surface area contributed by atoms with E-state index in [0.29, 0.717) is 23.8 Å². The van der Waals surface area contributed by atoms with Crippen molar-refractivity contribution in [1.29, 1.82) is 0 Å². The molecule has 0 atom stereocenters. The number of benzene rings is 1. The van der Waals surface area contributed by atoms with Gasteiger partial charge in [0.25, 0.3) is 5.91 Å². The summed E-state index contributed by atoms with van der Waals surface area (Å²) in [5.41, 5.74) is 0.355. The summed E-state index contributed by atoms with van der Waals surface area (Å²) in [7, 11) is 0. The molecule has 3 aromatic rings. The highest BCUT2D eigenvalue weighted by atomic mass is 32.1. The van der Waals surface area contributed by atoms with Gasteiger partial charge in [-0.2, -0.15) is 18.3 Å². The summed E-state index contributed by atoms with van der Waals surface area (Å²) in [6, 6.07) is 6.68. The van der Waals surface area contributed by atoms with Crippen LogP contribution >= 0.6 is 11.3 Å². The van der Waals surface area contributed by atoms with Crippen molar-refractivity contribution in [2.24, 2.45) is 0 Å². The summed E-state index contributed by atoms with van der Waals surface area (Å²) in [4.78, 5) is 19.8. The van der Waals surface area contributed by atoms with Crippen LogP contribution in [0, 0.1) is 0 Å². The molecular weight excluding hydrogens is 443 g/mol. The third-order valence-corrected chi connectivity index (χ3v) is 5.97. The number of thiazole rings is 1. The number of hydrogen-bond donors (Lipinski definition) is 1. The molecular formula is C21H22F3N5O2S. The van der Waals surface area contributed by atoms with Gasteiger partial charge >= 0.3 is 6.18 Å². The number of morpholine rings is 1. The second-order valence-corrected chi connectivity index (χ2v) is 8.49. The number of alkyl halides is 3. The molecule has 0 bridgehead atoms. The molecule has 11 heteroatoms. The molecule has 3 heterocycles. The number of nitrogens with zero attached hydrogens (tertiary/aromatic N) is 4. The van der Waals surface area contributed by atoms with Crippen LogP contribution in [0.3, 0.4) is 0 Å². The highest BCUT2D eigenvalue weighted by Crippen LogP contribution is 2.30. The molecule has 1 amide bonds. The average molecular weight is 466 g/mol. The smallest absolute Gasteiger partial charge is 0.379 e. The Kier molecular flexibility index (Phi) is 6.87. The number of amides is 1. The maximum atomic E-state index is 12.7. The highest BCUT2D eigenvalue weighted by Gasteiger charge is 2.29. The van der Waals surface area contributed by atoms with E-state index in [1.165, 1.54) is 23.5 Å². The largest absolute Gasteiger partial charge is 0.416 e. The average Bonchev–Trinajstić information content (AvgIpc) is 3.42. The van der Waals surface area contributed by atoms with E-state index in [9.17, 15) is 18.0 Å². The van der Waals surface area contributed by atoms with Crippen LogP contribution in [0.15, 0.2) is 42.7 Å². The van der Waals surface area contributed by atoms with Gasteiger partial charge in [-0.05, 0) is 23.8 Å². The molecule has 0 aliphatic carbocycles. The van der Waals surface area contributed by atoms with Crippen molar-refractivity contribution in [1.82, 2.24) is 19.7 Å². The van der Waals surface area contributed by atoms with Crippen molar-refractivity contribution in [3.8, 4) is 0 Å². The first-order valence-corrected chi connectivity index (χ1v) is 10.9. The SMILES string of the molecule is O=C(Nc1ncc(Cc2ccc(C(F)(F)F)cc2)s1)c1ccn(CCN2CCOCC2)n1. The van der Waals surface area contributed by atoms with E-state index in [2.05, 4.69) is 20.3 Å². The first-order chi connectivity index (χ1) is 15.4. The zero-order valence-electron chi connectivity index (χ0n) is 17.1. The van der Waals surface area contributed by atoms with E-state index >= 15 is 0 Å². The van der Waals surface area contributed by atoms with Gasteiger partial charge in [0.05, 0.1) is 25.3 Å². The number of carbonyl (C=O) groups excluding carboxylic acids is 1. The van der Waals surface area contributed by atoms with Crippen LogP contribution in [-0.2, 0) is 23.9 Å². The Morgan fingerprint density at radius 2 is 1.88 bits per heavy atom. The summed E-state index contributed by atoms with van der Waals surface area (Å²) in [6.45, 7) is 4.79. The van der Waals surface area contributed by atoms with Crippen LogP contribution in [0.2, 0.25) is 0 Å². The molecule has 0 saturated carbocycles. The second-order valence-electron chi connectivity index (χ2n) is 7.38. The van der Waals surface area contributed by atoms with E-state index in [1.807, 2.05) is 0 Å². The standard InChI is InChI=1S/C21H22F3N5O2S/c22-21(23,24)16-3-1-15(2-4-16)13-17-14-25-20(32-17)26-19(30)18-5-6-29(27-18)8-7-28-9-11-31-12-10-28/h1-6,14H,7-13H2,(H,25,26,30). The Morgan fingerprint density at radius 1 is 1.12 bits per heavy atom. The Hall–Kier alpha value is -2.76. The number of rotatable bonds is 7. The molecule has 1 fully saturated rings. The van der Waals surface area contributed by atoms with Gasteiger partial charge in [-0.1, -0.05) is 12.1 Å². The molecule has 2 aromatic heterocycles. The normalized spacial score (nSPS) is 15.1. The van der Waals surface area contributed by atoms with Crippen LogP contribution in [0.25, 0.3) is 0 Å². The number of ether oxygens (including phenoxy) is 1. The van der Waals surface area contributed by atoms with Gasteiger partial charge in [0.2, 0.25) is 0 Å². The van der Waals surface area contributed by atoms with Crippen molar-refractivity contribution < 1.29 is 22.7 Å². The zero-order valence-corrected chi connectivity index (χ0v) is 18.0. The molecule has 1 aromatic carbocycles. The molecule has 1 aliphatic heterocycles. The predicted octanol–water partition coefficient (Wildman–Crippen LogP) is 3.53. The lowest BCUT2D eigenvalue weighted by atomic mass is 10.1. The van der Waals surface area contributed by atoms with E-state index in [1.54, 1.807) is 23.1 Å². The fourth-order valence-electron chi connectivity index (χ4n) is 3.30. The topological polar surface area (TPSA) is 72.3 Å². The Balaban J connectivity index is 1.29. The Bertz CT molecular complexity index is 1040. The zero-order chi connectivity index (χ0) is 22.6. The summed E-state index contributed by atoms with van der Waals surface area (Å²) in [5.74, 6) is -0.356. The van der Waals surface area contributed by atoms with E-state index < -0.39 is 11.7 Å². The Morgan fingerprint density at radius 3 is 2.59 bits per heavy atom. The summed E-state index contributed by atoms with van der Waals surface area (Å²) < 4.78 is 45.1. The summed E-state index contributed by atoms with van der Waals surface area (Å²) in [5, 5.41) is 7.47. The quantitative estimate of drug-likeness (QED) is 0.578. The molecule has 0 spiro atoms. The highest BCUT2D eigenvalue weighted by molar-refractivity contribution is 7.15. The fraction of sp³-hybridized carbons (Fsp3) is 0.381. The number of anilines is 1. The molecule has 0 radical (unpaired) electrons. The number of carbonyl (C=O) groups is 1. The maximum absolute atomic E-state index is 12.7. The molecule has 32 heavy (non-hydrogen) atoms. The third kappa shape index (κ3) is 5.93. The lowest BCUT2D eigenvalue weighted by Crippen LogP contribution is -2.38. The minimum Gasteiger partial charge on any atom is -0.379 e. The number of aromatic nitrogens is 3. The molecule has 1 saturated heterocycles. The first-order valence-electron chi connectivity index (χ1n) is 10.1. The number of nitrogens with one attached hydrogen (secondary N) is 1. The van der Waals surface area contributed by atoms with Gasteiger partial charge in [0.1, 0.15) is 0 Å². The maximum Gasteiger partial charge on any atom is 0.416 e. The third-order valence-electron chi connectivity index (χ3n) is 5.06. The lowest BCUT2D eigenvalue weighted by Gasteiger charge is -2.26. The molecule has 170 valence electrons.